The monoisotopic (exact) mass is 209 g/mol. The summed E-state index contributed by atoms with van der Waals surface area (Å²) in [6.07, 6.45) is 2.00. The second-order valence-corrected chi connectivity index (χ2v) is 2.56. The topological polar surface area (TPSA) is 14.2 Å². The summed E-state index contributed by atoms with van der Waals surface area (Å²) >= 11 is 0. The lowest BCUT2D eigenvalue weighted by atomic mass is 10.4. The number of hydrogen-bond donors (Lipinski definition) is 0. The highest BCUT2D eigenvalue weighted by atomic mass is 19.4. The fourth-order valence-electron chi connectivity index (χ4n) is 0.894. The van der Waals surface area contributed by atoms with Gasteiger partial charge in [0.25, 0.3) is 0 Å². The molecule has 0 aliphatic carbocycles. The van der Waals surface area contributed by atoms with Crippen molar-refractivity contribution in [1.82, 2.24) is 4.57 Å². The third-order valence-corrected chi connectivity index (χ3v) is 1.64. The first-order chi connectivity index (χ1) is 6.49. The number of aryl methyl sites for hydroxylation is 1. The van der Waals surface area contributed by atoms with Crippen LogP contribution in [0.1, 0.15) is 12.6 Å². The number of halogens is 3. The van der Waals surface area contributed by atoms with Gasteiger partial charge in [-0.1, -0.05) is 0 Å². The van der Waals surface area contributed by atoms with Crippen molar-refractivity contribution in [1.29, 1.82) is 0 Å². The molecule has 82 valence electrons. The van der Waals surface area contributed by atoms with Crippen LogP contribution in [0.3, 0.4) is 0 Å². The van der Waals surface area contributed by atoms with Crippen LogP contribution in [0.25, 0.3) is 0 Å². The summed E-state index contributed by atoms with van der Waals surface area (Å²) in [4.78, 5) is 0. The average Bonchev–Trinajstić information content (AvgIpc) is 2.36. The first-order valence-corrected chi connectivity index (χ1v) is 4.16. The van der Waals surface area contributed by atoms with Crippen molar-refractivity contribution >= 4 is 0 Å². The molecule has 5 heteroatoms. The molecule has 0 saturated heterocycles. The van der Waals surface area contributed by atoms with Crippen molar-refractivity contribution in [3.05, 3.63) is 18.0 Å². The maximum Gasteiger partial charge on any atom is 0.379 e. The van der Waals surface area contributed by atoms with Crippen LogP contribution in [0, 0.1) is 6.92 Å². The first kappa shape index (κ1) is 12.9. The van der Waals surface area contributed by atoms with Crippen LogP contribution in [0.15, 0.2) is 12.3 Å². The minimum absolute atomic E-state index is 0.741. The number of hydrogen-bond acceptors (Lipinski definition) is 1. The highest BCUT2D eigenvalue weighted by molar-refractivity contribution is 5.27. The Balaban J connectivity index is 0.000000364. The summed E-state index contributed by atoms with van der Waals surface area (Å²) in [5.41, 5.74) is 1.18. The number of ether oxygens (including phenoxy) is 1. The van der Waals surface area contributed by atoms with Gasteiger partial charge >= 0.3 is 6.68 Å². The van der Waals surface area contributed by atoms with E-state index in [4.69, 9.17) is 4.74 Å². The molecule has 0 aliphatic rings. The van der Waals surface area contributed by atoms with E-state index >= 15 is 0 Å². The Morgan fingerprint density at radius 1 is 1.43 bits per heavy atom. The Bertz CT molecular complexity index is 258. The van der Waals surface area contributed by atoms with Gasteiger partial charge in [0.2, 0.25) is 0 Å². The minimum Gasteiger partial charge on any atom is -0.492 e. The van der Waals surface area contributed by atoms with Gasteiger partial charge in [-0.05, 0) is 19.9 Å². The van der Waals surface area contributed by atoms with Crippen molar-refractivity contribution < 1.29 is 17.9 Å². The standard InChI is InChI=1S/C8H13NO.CHF3/c1-4-10-8-5-6-9(3)7(8)2;2-1(3)4/h5-6H,4H2,1-3H3;1H. The molecule has 0 unspecified atom stereocenters. The van der Waals surface area contributed by atoms with Crippen LogP contribution < -0.4 is 4.74 Å². The predicted molar refractivity (Wildman–Crippen MR) is 48.4 cm³/mol. The normalized spacial score (nSPS) is 9.64. The smallest absolute Gasteiger partial charge is 0.379 e. The largest absolute Gasteiger partial charge is 0.492 e. The quantitative estimate of drug-likeness (QED) is 0.730. The van der Waals surface area contributed by atoms with Gasteiger partial charge in [0.1, 0.15) is 5.75 Å². The molecule has 0 N–H and O–H groups in total. The van der Waals surface area contributed by atoms with Gasteiger partial charge in [0, 0.05) is 13.2 Å². The third-order valence-electron chi connectivity index (χ3n) is 1.64. The summed E-state index contributed by atoms with van der Waals surface area (Å²) in [5.74, 6) is 0.991. The van der Waals surface area contributed by atoms with E-state index in [1.807, 2.05) is 37.7 Å². The molecule has 0 bridgehead atoms. The third kappa shape index (κ3) is 4.79. The summed E-state index contributed by atoms with van der Waals surface area (Å²) < 4.78 is 36.4. The molecule has 0 amide bonds. The van der Waals surface area contributed by atoms with Crippen molar-refractivity contribution in [2.45, 2.75) is 20.5 Å². The Kier molecular flexibility index (Phi) is 5.83. The Labute approximate surface area is 81.3 Å². The van der Waals surface area contributed by atoms with Crippen LogP contribution in [-0.2, 0) is 7.05 Å². The molecule has 0 aromatic carbocycles. The fourth-order valence-corrected chi connectivity index (χ4v) is 0.894. The number of alkyl halides is 3. The van der Waals surface area contributed by atoms with Crippen LogP contribution in [-0.4, -0.2) is 17.9 Å². The summed E-state index contributed by atoms with van der Waals surface area (Å²) in [6, 6.07) is 1.98. The summed E-state index contributed by atoms with van der Waals surface area (Å²) in [7, 11) is 2.01. The number of aromatic nitrogens is 1. The van der Waals surface area contributed by atoms with E-state index in [0.29, 0.717) is 0 Å². The van der Waals surface area contributed by atoms with E-state index in [0.717, 1.165) is 12.4 Å². The van der Waals surface area contributed by atoms with Gasteiger partial charge in [0.05, 0.1) is 12.3 Å². The lowest BCUT2D eigenvalue weighted by Crippen LogP contribution is -1.94. The molecule has 0 aliphatic heterocycles. The average molecular weight is 209 g/mol. The second-order valence-electron chi connectivity index (χ2n) is 2.56. The Morgan fingerprint density at radius 3 is 2.21 bits per heavy atom. The molecule has 1 rings (SSSR count). The SMILES string of the molecule is CCOc1ccn(C)c1C.FC(F)F. The van der Waals surface area contributed by atoms with Gasteiger partial charge in [-0.15, -0.1) is 0 Å². The van der Waals surface area contributed by atoms with Gasteiger partial charge in [-0.2, -0.15) is 13.2 Å². The minimum atomic E-state index is -3.67. The van der Waals surface area contributed by atoms with Gasteiger partial charge in [0.15, 0.2) is 0 Å². The lowest BCUT2D eigenvalue weighted by molar-refractivity contribution is 0.00819. The van der Waals surface area contributed by atoms with E-state index in [1.165, 1.54) is 5.69 Å². The van der Waals surface area contributed by atoms with Crippen molar-refractivity contribution in [3.8, 4) is 5.75 Å². The predicted octanol–water partition coefficient (Wildman–Crippen LogP) is 2.91. The maximum absolute atomic E-state index is 9.67. The Morgan fingerprint density at radius 2 is 1.93 bits per heavy atom. The van der Waals surface area contributed by atoms with Gasteiger partial charge in [-0.25, -0.2) is 0 Å². The molecular weight excluding hydrogens is 195 g/mol. The molecule has 0 fully saturated rings. The van der Waals surface area contributed by atoms with Crippen LogP contribution >= 0.6 is 0 Å². The molecule has 0 atom stereocenters. The highest BCUT2D eigenvalue weighted by Gasteiger charge is 1.99. The number of rotatable bonds is 2. The molecule has 0 saturated carbocycles. The summed E-state index contributed by atoms with van der Waals surface area (Å²) in [5, 5.41) is 0. The number of nitrogens with zero attached hydrogens (tertiary/aromatic N) is 1. The molecular formula is C9H14F3NO. The van der Waals surface area contributed by atoms with Crippen LogP contribution in [0.4, 0.5) is 13.2 Å². The lowest BCUT2D eigenvalue weighted by Gasteiger charge is -2.01. The molecule has 2 nitrogen and oxygen atoms in total. The fraction of sp³-hybridized carbons (Fsp3) is 0.556. The zero-order valence-electron chi connectivity index (χ0n) is 8.43. The van der Waals surface area contributed by atoms with Crippen molar-refractivity contribution in [2.24, 2.45) is 7.05 Å². The van der Waals surface area contributed by atoms with E-state index in [-0.39, 0.29) is 0 Å². The van der Waals surface area contributed by atoms with Crippen LogP contribution in [0.2, 0.25) is 0 Å². The zero-order chi connectivity index (χ0) is 11.1. The Hall–Kier alpha value is -1.13. The van der Waals surface area contributed by atoms with Gasteiger partial charge < -0.3 is 9.30 Å². The van der Waals surface area contributed by atoms with E-state index in [1.54, 1.807) is 0 Å². The molecule has 1 aromatic rings. The van der Waals surface area contributed by atoms with Gasteiger partial charge in [-0.3, -0.25) is 0 Å². The summed E-state index contributed by atoms with van der Waals surface area (Å²) in [6.45, 7) is 1.11. The molecule has 0 radical (unpaired) electrons. The maximum atomic E-state index is 9.67. The molecule has 14 heavy (non-hydrogen) atoms. The van der Waals surface area contributed by atoms with E-state index in [2.05, 4.69) is 0 Å². The molecule has 1 heterocycles. The van der Waals surface area contributed by atoms with E-state index in [9.17, 15) is 13.2 Å². The zero-order valence-corrected chi connectivity index (χ0v) is 8.43. The van der Waals surface area contributed by atoms with Crippen molar-refractivity contribution in [2.75, 3.05) is 6.61 Å². The first-order valence-electron chi connectivity index (χ1n) is 4.16. The van der Waals surface area contributed by atoms with Crippen LogP contribution in [0.5, 0.6) is 5.75 Å². The molecule has 0 spiro atoms. The second kappa shape index (κ2) is 6.34. The molecule has 1 aromatic heterocycles. The highest BCUT2D eigenvalue weighted by Crippen LogP contribution is 2.16. The van der Waals surface area contributed by atoms with E-state index < -0.39 is 6.68 Å². The van der Waals surface area contributed by atoms with Crippen molar-refractivity contribution in [3.63, 3.8) is 0 Å².